The van der Waals surface area contributed by atoms with Gasteiger partial charge >= 0.3 is 0 Å². The molecule has 20 heavy (non-hydrogen) atoms. The van der Waals surface area contributed by atoms with E-state index < -0.39 is 0 Å². The maximum absolute atomic E-state index is 2.40. The zero-order chi connectivity index (χ0) is 14.8. The molecule has 0 aromatic heterocycles. The Morgan fingerprint density at radius 2 is 1.55 bits per heavy atom. The molecule has 0 amide bonds. The van der Waals surface area contributed by atoms with E-state index >= 15 is 0 Å². The largest absolute Gasteiger partial charge is 0.0654 e. The van der Waals surface area contributed by atoms with Gasteiger partial charge in [0.2, 0.25) is 0 Å². The fraction of sp³-hybridized carbons (Fsp3) is 0.700. The number of unbranched alkanes of at least 4 members (excludes halogenated alkanes) is 2. The fourth-order valence-electron chi connectivity index (χ4n) is 3.49. The zero-order valence-electron chi connectivity index (χ0n) is 14.1. The standard InChI is InChI=1S/C20H34/c1-5-9-13-16-20(7-3,8-4)17-18(6-2)19-14-11-10-12-15-19/h10-12,14-15,18H,5-9,13,16-17H2,1-4H3. The number of hydrogen-bond donors (Lipinski definition) is 0. The molecule has 1 aromatic carbocycles. The highest BCUT2D eigenvalue weighted by molar-refractivity contribution is 5.19. The third-order valence-corrected chi connectivity index (χ3v) is 5.25. The molecule has 0 spiro atoms. The van der Waals surface area contributed by atoms with Crippen LogP contribution in [0.25, 0.3) is 0 Å². The Kier molecular flexibility index (Phi) is 7.95. The lowest BCUT2D eigenvalue weighted by molar-refractivity contribution is 0.191. The van der Waals surface area contributed by atoms with Crippen molar-refractivity contribution in [3.05, 3.63) is 35.9 Å². The molecule has 1 unspecified atom stereocenters. The maximum atomic E-state index is 2.40. The predicted octanol–water partition coefficient (Wildman–Crippen LogP) is 6.96. The van der Waals surface area contributed by atoms with Gasteiger partial charge in [0.15, 0.2) is 0 Å². The van der Waals surface area contributed by atoms with Crippen LogP contribution in [0.2, 0.25) is 0 Å². The van der Waals surface area contributed by atoms with E-state index in [2.05, 4.69) is 58.0 Å². The lowest BCUT2D eigenvalue weighted by atomic mass is 9.70. The third kappa shape index (κ3) is 4.96. The minimum Gasteiger partial charge on any atom is -0.0654 e. The lowest BCUT2D eigenvalue weighted by Gasteiger charge is -2.35. The maximum Gasteiger partial charge on any atom is -0.0159 e. The summed E-state index contributed by atoms with van der Waals surface area (Å²) in [7, 11) is 0. The third-order valence-electron chi connectivity index (χ3n) is 5.25. The minimum atomic E-state index is 0.561. The average Bonchev–Trinajstić information content (AvgIpc) is 2.52. The predicted molar refractivity (Wildman–Crippen MR) is 91.2 cm³/mol. The summed E-state index contributed by atoms with van der Waals surface area (Å²) >= 11 is 0. The molecule has 0 heteroatoms. The molecule has 0 aliphatic carbocycles. The molecular formula is C20H34. The van der Waals surface area contributed by atoms with Gasteiger partial charge in [-0.1, -0.05) is 90.1 Å². The Balaban J connectivity index is 2.76. The van der Waals surface area contributed by atoms with Gasteiger partial charge in [-0.3, -0.25) is 0 Å². The van der Waals surface area contributed by atoms with E-state index in [9.17, 15) is 0 Å². The van der Waals surface area contributed by atoms with Crippen molar-refractivity contribution in [3.8, 4) is 0 Å². The lowest BCUT2D eigenvalue weighted by Crippen LogP contribution is -2.22. The molecule has 1 rings (SSSR count). The first-order valence-corrected chi connectivity index (χ1v) is 8.76. The monoisotopic (exact) mass is 274 g/mol. The van der Waals surface area contributed by atoms with Crippen molar-refractivity contribution in [3.63, 3.8) is 0 Å². The van der Waals surface area contributed by atoms with Gasteiger partial charge in [0.05, 0.1) is 0 Å². The first kappa shape index (κ1) is 17.3. The first-order chi connectivity index (χ1) is 9.71. The van der Waals surface area contributed by atoms with Gasteiger partial charge in [0.1, 0.15) is 0 Å². The molecule has 0 bridgehead atoms. The van der Waals surface area contributed by atoms with Gasteiger partial charge in [0, 0.05) is 0 Å². The molecule has 0 saturated carbocycles. The van der Waals surface area contributed by atoms with E-state index in [1.807, 2.05) is 0 Å². The summed E-state index contributed by atoms with van der Waals surface area (Å²) in [4.78, 5) is 0. The van der Waals surface area contributed by atoms with E-state index in [-0.39, 0.29) is 0 Å². The number of hydrogen-bond acceptors (Lipinski definition) is 0. The summed E-state index contributed by atoms with van der Waals surface area (Å²) in [5, 5.41) is 0. The molecule has 0 aliphatic rings. The molecule has 1 atom stereocenters. The second-order valence-corrected chi connectivity index (χ2v) is 6.38. The Morgan fingerprint density at radius 3 is 2.05 bits per heavy atom. The van der Waals surface area contributed by atoms with E-state index in [0.717, 1.165) is 5.92 Å². The Labute approximate surface area is 127 Å². The second kappa shape index (κ2) is 9.21. The van der Waals surface area contributed by atoms with Crippen LogP contribution in [0.1, 0.15) is 90.5 Å². The van der Waals surface area contributed by atoms with Crippen molar-refractivity contribution < 1.29 is 0 Å². The van der Waals surface area contributed by atoms with Gasteiger partial charge in [-0.15, -0.1) is 0 Å². The van der Waals surface area contributed by atoms with Crippen molar-refractivity contribution in [1.82, 2.24) is 0 Å². The van der Waals surface area contributed by atoms with Crippen LogP contribution < -0.4 is 0 Å². The van der Waals surface area contributed by atoms with E-state index in [1.54, 1.807) is 0 Å². The molecule has 0 N–H and O–H groups in total. The van der Waals surface area contributed by atoms with Crippen molar-refractivity contribution >= 4 is 0 Å². The van der Waals surface area contributed by atoms with Gasteiger partial charge < -0.3 is 0 Å². The normalized spacial score (nSPS) is 13.4. The van der Waals surface area contributed by atoms with Crippen LogP contribution in [0.3, 0.4) is 0 Å². The highest BCUT2D eigenvalue weighted by atomic mass is 14.3. The molecule has 0 saturated heterocycles. The first-order valence-electron chi connectivity index (χ1n) is 8.76. The van der Waals surface area contributed by atoms with Crippen LogP contribution in [0.5, 0.6) is 0 Å². The van der Waals surface area contributed by atoms with E-state index in [1.165, 1.54) is 56.9 Å². The summed E-state index contributed by atoms with van der Waals surface area (Å²) < 4.78 is 0. The highest BCUT2D eigenvalue weighted by Gasteiger charge is 2.29. The van der Waals surface area contributed by atoms with E-state index in [4.69, 9.17) is 0 Å². The summed E-state index contributed by atoms with van der Waals surface area (Å²) in [6.07, 6.45) is 10.8. The number of benzene rings is 1. The van der Waals surface area contributed by atoms with E-state index in [0.29, 0.717) is 5.41 Å². The molecule has 0 fully saturated rings. The van der Waals surface area contributed by atoms with Crippen molar-refractivity contribution in [2.24, 2.45) is 5.41 Å². The van der Waals surface area contributed by atoms with Crippen LogP contribution in [0.4, 0.5) is 0 Å². The van der Waals surface area contributed by atoms with Gasteiger partial charge in [0.25, 0.3) is 0 Å². The van der Waals surface area contributed by atoms with Crippen molar-refractivity contribution in [1.29, 1.82) is 0 Å². The minimum absolute atomic E-state index is 0.561. The van der Waals surface area contributed by atoms with Crippen molar-refractivity contribution in [2.75, 3.05) is 0 Å². The quantitative estimate of drug-likeness (QED) is 0.405. The molecular weight excluding hydrogens is 240 g/mol. The SMILES string of the molecule is CCCCCC(CC)(CC)CC(CC)c1ccccc1. The van der Waals surface area contributed by atoms with Gasteiger partial charge in [-0.2, -0.15) is 0 Å². The van der Waals surface area contributed by atoms with Crippen molar-refractivity contribution in [2.45, 2.75) is 85.0 Å². The molecule has 0 nitrogen and oxygen atoms in total. The highest BCUT2D eigenvalue weighted by Crippen LogP contribution is 2.43. The van der Waals surface area contributed by atoms with Crippen LogP contribution in [-0.4, -0.2) is 0 Å². The molecule has 0 radical (unpaired) electrons. The topological polar surface area (TPSA) is 0 Å². The van der Waals surface area contributed by atoms with Crippen LogP contribution in [-0.2, 0) is 0 Å². The summed E-state index contributed by atoms with van der Waals surface area (Å²) in [5.74, 6) is 0.734. The average molecular weight is 274 g/mol. The summed E-state index contributed by atoms with van der Waals surface area (Å²) in [6, 6.07) is 11.1. The molecule has 0 aliphatic heterocycles. The molecule has 0 heterocycles. The fourth-order valence-corrected chi connectivity index (χ4v) is 3.49. The smallest absolute Gasteiger partial charge is 0.0159 e. The summed E-state index contributed by atoms with van der Waals surface area (Å²) in [6.45, 7) is 9.44. The zero-order valence-corrected chi connectivity index (χ0v) is 14.1. The summed E-state index contributed by atoms with van der Waals surface area (Å²) in [5.41, 5.74) is 2.10. The Hall–Kier alpha value is -0.780. The molecule has 114 valence electrons. The Morgan fingerprint density at radius 1 is 0.900 bits per heavy atom. The van der Waals surface area contributed by atoms with Crippen LogP contribution in [0.15, 0.2) is 30.3 Å². The van der Waals surface area contributed by atoms with Gasteiger partial charge in [-0.05, 0) is 36.2 Å². The number of rotatable bonds is 10. The Bertz CT molecular complexity index is 334. The van der Waals surface area contributed by atoms with Crippen LogP contribution in [0, 0.1) is 5.41 Å². The van der Waals surface area contributed by atoms with Gasteiger partial charge in [-0.25, -0.2) is 0 Å². The molecule has 1 aromatic rings. The van der Waals surface area contributed by atoms with Crippen LogP contribution >= 0.6 is 0 Å². The second-order valence-electron chi connectivity index (χ2n) is 6.38.